The average molecular weight is 604 g/mol. The van der Waals surface area contributed by atoms with Crippen LogP contribution in [0.1, 0.15) is 5.56 Å². The number of anilines is 3. The number of hydrogen-bond donors (Lipinski definition) is 0. The summed E-state index contributed by atoms with van der Waals surface area (Å²) in [6.45, 7) is 2.13. The summed E-state index contributed by atoms with van der Waals surface area (Å²) < 4.78 is 6.28. The first kappa shape index (κ1) is 28.4. The van der Waals surface area contributed by atoms with Crippen molar-refractivity contribution in [1.82, 2.24) is 0 Å². The molecule has 7 aromatic carbocycles. The summed E-state index contributed by atoms with van der Waals surface area (Å²) in [5, 5.41) is 1.16. The molecule has 0 unspecified atom stereocenters. The molecule has 0 bridgehead atoms. The van der Waals surface area contributed by atoms with Crippen molar-refractivity contribution in [2.24, 2.45) is 0 Å². The molecule has 0 saturated heterocycles. The maximum atomic E-state index is 6.28. The third-order valence-corrected chi connectivity index (χ3v) is 8.89. The van der Waals surface area contributed by atoms with Gasteiger partial charge in [0.2, 0.25) is 0 Å². The lowest BCUT2D eigenvalue weighted by Gasteiger charge is -2.26. The standard InChI is InChI=1S/C45H33NO/c1-32-41-19-10-11-22-44(41)47-45(32)37-16-12-15-36(31-37)33-23-27-39(28-24-33)46(38-17-6-3-7-18-38)40-29-25-35(26-30-40)43-21-9-8-20-42(43)34-13-4-2-5-14-34/h2-31H,1H3. The van der Waals surface area contributed by atoms with Crippen LogP contribution in [-0.4, -0.2) is 0 Å². The van der Waals surface area contributed by atoms with Crippen molar-refractivity contribution < 1.29 is 4.42 Å². The van der Waals surface area contributed by atoms with Gasteiger partial charge in [0.25, 0.3) is 0 Å². The van der Waals surface area contributed by atoms with Crippen LogP contribution < -0.4 is 4.90 Å². The van der Waals surface area contributed by atoms with Gasteiger partial charge < -0.3 is 9.32 Å². The zero-order valence-corrected chi connectivity index (χ0v) is 26.2. The molecule has 1 aromatic heterocycles. The fourth-order valence-corrected chi connectivity index (χ4v) is 6.51. The second-order valence-corrected chi connectivity index (χ2v) is 11.8. The Morgan fingerprint density at radius 3 is 1.53 bits per heavy atom. The molecule has 8 aromatic rings. The Labute approximate surface area is 275 Å². The fraction of sp³-hybridized carbons (Fsp3) is 0.0222. The van der Waals surface area contributed by atoms with Crippen LogP contribution in [0.3, 0.4) is 0 Å². The fourth-order valence-electron chi connectivity index (χ4n) is 6.51. The minimum atomic E-state index is 0.921. The topological polar surface area (TPSA) is 16.4 Å². The Hall–Kier alpha value is -6.12. The van der Waals surface area contributed by atoms with Crippen LogP contribution in [0.25, 0.3) is 55.7 Å². The van der Waals surface area contributed by atoms with Crippen molar-refractivity contribution in [2.45, 2.75) is 6.92 Å². The first-order valence-electron chi connectivity index (χ1n) is 16.0. The molecule has 0 aliphatic heterocycles. The minimum Gasteiger partial charge on any atom is -0.456 e. The van der Waals surface area contributed by atoms with Crippen molar-refractivity contribution in [3.05, 3.63) is 188 Å². The van der Waals surface area contributed by atoms with Crippen LogP contribution in [0, 0.1) is 6.92 Å². The highest BCUT2D eigenvalue weighted by Gasteiger charge is 2.15. The van der Waals surface area contributed by atoms with Gasteiger partial charge in [-0.3, -0.25) is 0 Å². The van der Waals surface area contributed by atoms with Crippen molar-refractivity contribution in [3.63, 3.8) is 0 Å². The van der Waals surface area contributed by atoms with Crippen molar-refractivity contribution in [3.8, 4) is 44.7 Å². The molecule has 0 atom stereocenters. The maximum Gasteiger partial charge on any atom is 0.138 e. The van der Waals surface area contributed by atoms with Gasteiger partial charge in [0.05, 0.1) is 0 Å². The van der Waals surface area contributed by atoms with Crippen molar-refractivity contribution in [2.75, 3.05) is 4.90 Å². The SMILES string of the molecule is Cc1c(-c2cccc(-c3ccc(N(c4ccccc4)c4ccc(-c5ccccc5-c5ccccc5)cc4)cc3)c2)oc2ccccc12. The van der Waals surface area contributed by atoms with E-state index in [1.54, 1.807) is 0 Å². The van der Waals surface area contributed by atoms with Gasteiger partial charge in [0.15, 0.2) is 0 Å². The highest BCUT2D eigenvalue weighted by Crippen LogP contribution is 2.39. The molecule has 47 heavy (non-hydrogen) atoms. The molecule has 8 rings (SSSR count). The van der Waals surface area contributed by atoms with Gasteiger partial charge in [-0.25, -0.2) is 0 Å². The van der Waals surface area contributed by atoms with Gasteiger partial charge in [-0.2, -0.15) is 0 Å². The first-order chi connectivity index (χ1) is 23.2. The zero-order valence-electron chi connectivity index (χ0n) is 26.2. The van der Waals surface area contributed by atoms with Crippen molar-refractivity contribution in [1.29, 1.82) is 0 Å². The smallest absolute Gasteiger partial charge is 0.138 e. The molecule has 0 radical (unpaired) electrons. The quantitative estimate of drug-likeness (QED) is 0.180. The summed E-state index contributed by atoms with van der Waals surface area (Å²) in [5.74, 6) is 0.926. The predicted octanol–water partition coefficient (Wildman–Crippen LogP) is 12.9. The number of aryl methyl sites for hydroxylation is 1. The molecule has 1 heterocycles. The molecule has 224 valence electrons. The molecule has 0 spiro atoms. The van der Waals surface area contributed by atoms with Gasteiger partial charge in [-0.15, -0.1) is 0 Å². The second-order valence-electron chi connectivity index (χ2n) is 11.8. The van der Waals surface area contributed by atoms with E-state index < -0.39 is 0 Å². The number of rotatable bonds is 7. The van der Waals surface area contributed by atoms with Crippen LogP contribution in [-0.2, 0) is 0 Å². The van der Waals surface area contributed by atoms with Crippen LogP contribution in [0.5, 0.6) is 0 Å². The van der Waals surface area contributed by atoms with E-state index in [9.17, 15) is 0 Å². The van der Waals surface area contributed by atoms with Crippen LogP contribution in [0.15, 0.2) is 186 Å². The lowest BCUT2D eigenvalue weighted by molar-refractivity contribution is 0.629. The Morgan fingerprint density at radius 1 is 0.383 bits per heavy atom. The predicted molar refractivity (Wildman–Crippen MR) is 197 cm³/mol. The van der Waals surface area contributed by atoms with Gasteiger partial charge in [0, 0.05) is 33.6 Å². The highest BCUT2D eigenvalue weighted by atomic mass is 16.3. The normalized spacial score (nSPS) is 11.1. The molecule has 0 aliphatic rings. The number of para-hydroxylation sites is 2. The Kier molecular flexibility index (Phi) is 7.45. The minimum absolute atomic E-state index is 0.921. The summed E-state index contributed by atoms with van der Waals surface area (Å²) in [7, 11) is 0. The molecular formula is C45H33NO. The summed E-state index contributed by atoms with van der Waals surface area (Å²) in [6, 6.07) is 64.4. The molecule has 2 nitrogen and oxygen atoms in total. The van der Waals surface area contributed by atoms with E-state index in [4.69, 9.17) is 4.42 Å². The third kappa shape index (κ3) is 5.51. The van der Waals surface area contributed by atoms with E-state index in [0.29, 0.717) is 0 Å². The molecular weight excluding hydrogens is 571 g/mol. The summed E-state index contributed by atoms with van der Waals surface area (Å²) in [4.78, 5) is 2.31. The largest absolute Gasteiger partial charge is 0.456 e. The monoisotopic (exact) mass is 603 g/mol. The van der Waals surface area contributed by atoms with Gasteiger partial charge in [-0.1, -0.05) is 133 Å². The Bertz CT molecular complexity index is 2280. The van der Waals surface area contributed by atoms with Crippen molar-refractivity contribution >= 4 is 28.0 Å². The Morgan fingerprint density at radius 2 is 0.872 bits per heavy atom. The molecule has 0 fully saturated rings. The van der Waals surface area contributed by atoms with E-state index in [2.05, 4.69) is 182 Å². The lowest BCUT2D eigenvalue weighted by Crippen LogP contribution is -2.09. The van der Waals surface area contributed by atoms with E-state index in [0.717, 1.165) is 50.5 Å². The van der Waals surface area contributed by atoms with Gasteiger partial charge in [-0.05, 0) is 88.8 Å². The zero-order chi connectivity index (χ0) is 31.6. The number of nitrogens with zero attached hydrogens (tertiary/aromatic N) is 1. The lowest BCUT2D eigenvalue weighted by atomic mass is 9.94. The van der Waals surface area contributed by atoms with E-state index in [-0.39, 0.29) is 0 Å². The third-order valence-electron chi connectivity index (χ3n) is 8.89. The molecule has 0 N–H and O–H groups in total. The number of benzene rings is 7. The first-order valence-corrected chi connectivity index (χ1v) is 16.0. The van der Waals surface area contributed by atoms with Gasteiger partial charge >= 0.3 is 0 Å². The second kappa shape index (κ2) is 12.3. The highest BCUT2D eigenvalue weighted by molar-refractivity contribution is 5.89. The van der Waals surface area contributed by atoms with E-state index in [1.165, 1.54) is 27.8 Å². The average Bonchev–Trinajstić information content (AvgIpc) is 3.49. The molecule has 0 aliphatic carbocycles. The summed E-state index contributed by atoms with van der Waals surface area (Å²) >= 11 is 0. The van der Waals surface area contributed by atoms with E-state index in [1.807, 2.05) is 12.1 Å². The summed E-state index contributed by atoms with van der Waals surface area (Å²) in [5.41, 5.74) is 13.7. The van der Waals surface area contributed by atoms with Crippen LogP contribution in [0.2, 0.25) is 0 Å². The van der Waals surface area contributed by atoms with Gasteiger partial charge in [0.1, 0.15) is 11.3 Å². The van der Waals surface area contributed by atoms with Crippen LogP contribution >= 0.6 is 0 Å². The number of fused-ring (bicyclic) bond motifs is 1. The maximum absolute atomic E-state index is 6.28. The van der Waals surface area contributed by atoms with E-state index >= 15 is 0 Å². The Balaban J connectivity index is 1.12. The number of hydrogen-bond acceptors (Lipinski definition) is 2. The molecule has 2 heteroatoms. The molecule has 0 amide bonds. The number of furan rings is 1. The summed E-state index contributed by atoms with van der Waals surface area (Å²) in [6.07, 6.45) is 0. The molecule has 0 saturated carbocycles. The van der Waals surface area contributed by atoms with Crippen LogP contribution in [0.4, 0.5) is 17.1 Å².